The van der Waals surface area contributed by atoms with Gasteiger partial charge in [-0.25, -0.2) is 4.98 Å². The summed E-state index contributed by atoms with van der Waals surface area (Å²) in [6, 6.07) is 5.22. The molecule has 0 radical (unpaired) electrons. The Labute approximate surface area is 115 Å². The molecule has 0 aromatic carbocycles. The zero-order valence-corrected chi connectivity index (χ0v) is 11.2. The van der Waals surface area contributed by atoms with Gasteiger partial charge in [0.05, 0.1) is 11.7 Å². The Balaban J connectivity index is 2.44. The first kappa shape index (κ1) is 13.2. The van der Waals surface area contributed by atoms with E-state index < -0.39 is 0 Å². The second-order valence-corrected chi connectivity index (χ2v) is 4.48. The van der Waals surface area contributed by atoms with Crippen LogP contribution in [0, 0.1) is 11.3 Å². The van der Waals surface area contributed by atoms with Gasteiger partial charge in [-0.3, -0.25) is 4.98 Å². The number of hydrogen-bond donors (Lipinski definition) is 0. The van der Waals surface area contributed by atoms with E-state index >= 15 is 0 Å². The van der Waals surface area contributed by atoms with Crippen LogP contribution in [0.3, 0.4) is 0 Å². The molecule has 2 heterocycles. The summed E-state index contributed by atoms with van der Waals surface area (Å²) >= 11 is 5.94. The fourth-order valence-corrected chi connectivity index (χ4v) is 1.62. The van der Waals surface area contributed by atoms with E-state index in [0.29, 0.717) is 22.8 Å². The molecule has 5 nitrogen and oxygen atoms in total. The number of nitriles is 1. The Morgan fingerprint density at radius 2 is 2.05 bits per heavy atom. The quantitative estimate of drug-likeness (QED) is 0.805. The van der Waals surface area contributed by atoms with Gasteiger partial charge < -0.3 is 4.74 Å². The van der Waals surface area contributed by atoms with E-state index in [1.54, 1.807) is 18.3 Å². The number of nitrogens with zero attached hydrogens (tertiary/aromatic N) is 4. The van der Waals surface area contributed by atoms with Crippen LogP contribution in [-0.2, 0) is 0 Å². The predicted molar refractivity (Wildman–Crippen MR) is 70.8 cm³/mol. The van der Waals surface area contributed by atoms with Gasteiger partial charge in [-0.1, -0.05) is 11.6 Å². The van der Waals surface area contributed by atoms with Gasteiger partial charge in [0.2, 0.25) is 5.88 Å². The molecule has 0 saturated heterocycles. The summed E-state index contributed by atoms with van der Waals surface area (Å²) in [5, 5.41) is 9.14. The Kier molecular flexibility index (Phi) is 3.93. The highest BCUT2D eigenvalue weighted by molar-refractivity contribution is 6.29. The summed E-state index contributed by atoms with van der Waals surface area (Å²) in [4.78, 5) is 12.3. The van der Waals surface area contributed by atoms with E-state index in [0.717, 1.165) is 0 Å². The van der Waals surface area contributed by atoms with Crippen LogP contribution in [0.15, 0.2) is 24.5 Å². The molecule has 2 aromatic rings. The third kappa shape index (κ3) is 3.39. The first-order chi connectivity index (χ1) is 9.08. The van der Waals surface area contributed by atoms with E-state index in [-0.39, 0.29) is 11.3 Å². The van der Waals surface area contributed by atoms with Crippen LogP contribution in [0.25, 0.3) is 11.4 Å². The number of aromatic nitrogens is 3. The van der Waals surface area contributed by atoms with Crippen molar-refractivity contribution in [1.29, 1.82) is 5.26 Å². The molecule has 2 rings (SSSR count). The van der Waals surface area contributed by atoms with Gasteiger partial charge in [0.1, 0.15) is 11.2 Å². The Morgan fingerprint density at radius 1 is 1.26 bits per heavy atom. The zero-order chi connectivity index (χ0) is 13.8. The lowest BCUT2D eigenvalue weighted by atomic mass is 10.2. The highest BCUT2D eigenvalue weighted by Gasteiger charge is 2.09. The maximum atomic E-state index is 8.86. The van der Waals surface area contributed by atoms with Crippen molar-refractivity contribution in [3.8, 4) is 23.3 Å². The minimum Gasteiger partial charge on any atom is -0.475 e. The molecule has 0 atom stereocenters. The fourth-order valence-electron chi connectivity index (χ4n) is 1.45. The predicted octanol–water partition coefficient (Wildman–Crippen LogP) is 2.85. The normalized spacial score (nSPS) is 10.3. The third-order valence-electron chi connectivity index (χ3n) is 2.15. The van der Waals surface area contributed by atoms with E-state index in [2.05, 4.69) is 15.0 Å². The van der Waals surface area contributed by atoms with Crippen molar-refractivity contribution in [3.05, 3.63) is 35.2 Å². The van der Waals surface area contributed by atoms with Crippen LogP contribution in [-0.4, -0.2) is 21.1 Å². The third-order valence-corrected chi connectivity index (χ3v) is 2.35. The molecule has 0 unspecified atom stereocenters. The summed E-state index contributed by atoms with van der Waals surface area (Å²) in [6.07, 6.45) is 3.04. The van der Waals surface area contributed by atoms with E-state index in [4.69, 9.17) is 21.6 Å². The first-order valence-corrected chi connectivity index (χ1v) is 6.03. The summed E-state index contributed by atoms with van der Waals surface area (Å²) in [5.41, 5.74) is 1.06. The second kappa shape index (κ2) is 5.63. The van der Waals surface area contributed by atoms with Crippen LogP contribution >= 0.6 is 11.6 Å². The average molecular weight is 275 g/mol. The summed E-state index contributed by atoms with van der Waals surface area (Å²) in [5.74, 6) is 0.778. The average Bonchev–Trinajstić information content (AvgIpc) is 2.37. The number of rotatable bonds is 3. The number of pyridine rings is 1. The molecule has 96 valence electrons. The SMILES string of the molecule is CC(C)Oc1cc(Cl)nc(-c2cncc(C#N)c2)n1. The Bertz CT molecular complexity index is 637. The standard InChI is InChI=1S/C13H11ClN4O/c1-8(2)19-12-4-11(14)17-13(18-12)10-3-9(5-15)6-16-7-10/h3-4,6-8H,1-2H3. The van der Waals surface area contributed by atoms with Crippen LogP contribution < -0.4 is 4.74 Å². The van der Waals surface area contributed by atoms with Gasteiger partial charge in [0.15, 0.2) is 5.82 Å². The highest BCUT2D eigenvalue weighted by Crippen LogP contribution is 2.22. The molecule has 0 aliphatic heterocycles. The maximum Gasteiger partial charge on any atom is 0.218 e. The van der Waals surface area contributed by atoms with Gasteiger partial charge in [-0.05, 0) is 19.9 Å². The lowest BCUT2D eigenvalue weighted by Crippen LogP contribution is -2.07. The second-order valence-electron chi connectivity index (χ2n) is 4.09. The number of ether oxygens (including phenoxy) is 1. The van der Waals surface area contributed by atoms with E-state index in [1.807, 2.05) is 19.9 Å². The molecule has 0 aliphatic carbocycles. The molecular formula is C13H11ClN4O. The minimum atomic E-state index is -0.0117. The van der Waals surface area contributed by atoms with Gasteiger partial charge in [0, 0.05) is 24.0 Å². The van der Waals surface area contributed by atoms with Crippen molar-refractivity contribution < 1.29 is 4.74 Å². The van der Waals surface area contributed by atoms with Gasteiger partial charge in [0.25, 0.3) is 0 Å². The van der Waals surface area contributed by atoms with Gasteiger partial charge in [-0.15, -0.1) is 0 Å². The Morgan fingerprint density at radius 3 is 2.74 bits per heavy atom. The molecular weight excluding hydrogens is 264 g/mol. The lowest BCUT2D eigenvalue weighted by molar-refractivity contribution is 0.232. The van der Waals surface area contributed by atoms with Crippen LogP contribution in [0.2, 0.25) is 5.15 Å². The molecule has 0 bridgehead atoms. The molecule has 0 aliphatic rings. The van der Waals surface area contributed by atoms with Crippen molar-refractivity contribution in [2.45, 2.75) is 20.0 Å². The molecule has 0 amide bonds. The summed E-state index contributed by atoms with van der Waals surface area (Å²) in [7, 11) is 0. The van der Waals surface area contributed by atoms with Crippen LogP contribution in [0.4, 0.5) is 0 Å². The van der Waals surface area contributed by atoms with Crippen molar-refractivity contribution in [2.24, 2.45) is 0 Å². The van der Waals surface area contributed by atoms with Crippen LogP contribution in [0.5, 0.6) is 5.88 Å². The number of halogens is 1. The maximum absolute atomic E-state index is 8.86. The van der Waals surface area contributed by atoms with Gasteiger partial charge >= 0.3 is 0 Å². The topological polar surface area (TPSA) is 71.7 Å². The van der Waals surface area contributed by atoms with E-state index in [1.165, 1.54) is 6.20 Å². The first-order valence-electron chi connectivity index (χ1n) is 5.65. The molecule has 0 fully saturated rings. The largest absolute Gasteiger partial charge is 0.475 e. The highest BCUT2D eigenvalue weighted by atomic mass is 35.5. The fraction of sp³-hybridized carbons (Fsp3) is 0.231. The minimum absolute atomic E-state index is 0.0117. The molecule has 19 heavy (non-hydrogen) atoms. The summed E-state index contributed by atoms with van der Waals surface area (Å²) in [6.45, 7) is 3.79. The van der Waals surface area contributed by atoms with Crippen molar-refractivity contribution in [3.63, 3.8) is 0 Å². The van der Waals surface area contributed by atoms with Crippen molar-refractivity contribution in [1.82, 2.24) is 15.0 Å². The zero-order valence-electron chi connectivity index (χ0n) is 10.5. The van der Waals surface area contributed by atoms with Crippen molar-refractivity contribution in [2.75, 3.05) is 0 Å². The molecule has 6 heteroatoms. The molecule has 0 N–H and O–H groups in total. The van der Waals surface area contributed by atoms with Gasteiger partial charge in [-0.2, -0.15) is 10.2 Å². The smallest absolute Gasteiger partial charge is 0.218 e. The Hall–Kier alpha value is -2.19. The summed E-state index contributed by atoms with van der Waals surface area (Å²) < 4.78 is 5.49. The van der Waals surface area contributed by atoms with Crippen molar-refractivity contribution >= 4 is 11.6 Å². The van der Waals surface area contributed by atoms with Crippen LogP contribution in [0.1, 0.15) is 19.4 Å². The molecule has 0 spiro atoms. The lowest BCUT2D eigenvalue weighted by Gasteiger charge is -2.10. The van der Waals surface area contributed by atoms with E-state index in [9.17, 15) is 0 Å². The molecule has 2 aromatic heterocycles. The number of hydrogen-bond acceptors (Lipinski definition) is 5. The monoisotopic (exact) mass is 274 g/mol. The molecule has 0 saturated carbocycles.